The van der Waals surface area contributed by atoms with Crippen LogP contribution in [0, 0.1) is 3.57 Å². The maximum Gasteiger partial charge on any atom is 0.192 e. The largest absolute Gasteiger partial charge is 0.292 e. The fourth-order valence-electron chi connectivity index (χ4n) is 2.55. The van der Waals surface area contributed by atoms with E-state index in [1.165, 1.54) is 0 Å². The molecule has 2 nitrogen and oxygen atoms in total. The summed E-state index contributed by atoms with van der Waals surface area (Å²) < 4.78 is 0.301. The number of benzene rings is 2. The van der Waals surface area contributed by atoms with Crippen LogP contribution in [0.25, 0.3) is 0 Å². The molecule has 0 saturated carbocycles. The molecule has 24 heavy (non-hydrogen) atoms. The van der Waals surface area contributed by atoms with Gasteiger partial charge in [0.15, 0.2) is 11.6 Å². The van der Waals surface area contributed by atoms with Gasteiger partial charge in [-0.05, 0) is 53.3 Å². The Labute approximate surface area is 162 Å². The van der Waals surface area contributed by atoms with Crippen molar-refractivity contribution < 1.29 is 9.59 Å². The predicted molar refractivity (Wildman–Crippen MR) is 108 cm³/mol. The van der Waals surface area contributed by atoms with Crippen LogP contribution in [0.3, 0.4) is 0 Å². The number of ketones is 2. The normalized spacial score (nSPS) is 19.7. The number of alkyl halides is 1. The maximum atomic E-state index is 12.7. The molecule has 2 aromatic rings. The van der Waals surface area contributed by atoms with Crippen LogP contribution >= 0.6 is 38.5 Å². The van der Waals surface area contributed by atoms with Gasteiger partial charge in [-0.25, -0.2) is 0 Å². The van der Waals surface area contributed by atoms with E-state index in [0.717, 1.165) is 3.57 Å². The van der Waals surface area contributed by atoms with Gasteiger partial charge in [-0.1, -0.05) is 64.5 Å². The van der Waals surface area contributed by atoms with E-state index in [1.54, 1.807) is 24.3 Å². The molecule has 120 valence electrons. The van der Waals surface area contributed by atoms with Crippen molar-refractivity contribution in [3.8, 4) is 0 Å². The van der Waals surface area contributed by atoms with E-state index < -0.39 is 4.32 Å². The highest BCUT2D eigenvalue weighted by molar-refractivity contribution is 14.1. The first kappa shape index (κ1) is 17.3. The first-order valence-electron chi connectivity index (χ1n) is 7.48. The summed E-state index contributed by atoms with van der Waals surface area (Å²) >= 11 is 5.76. The third kappa shape index (κ3) is 3.59. The number of Topliss-reactive ketones (excluding diaryl/α,β-unsaturated/α-hetero) is 2. The van der Waals surface area contributed by atoms with Gasteiger partial charge in [-0.3, -0.25) is 9.59 Å². The summed E-state index contributed by atoms with van der Waals surface area (Å²) in [7, 11) is 0. The van der Waals surface area contributed by atoms with Crippen molar-refractivity contribution in [1.29, 1.82) is 0 Å². The summed E-state index contributed by atoms with van der Waals surface area (Å²) in [5.41, 5.74) is 1.93. The minimum Gasteiger partial charge on any atom is -0.292 e. The Morgan fingerprint density at radius 1 is 0.958 bits per heavy atom. The van der Waals surface area contributed by atoms with Gasteiger partial charge in [0.2, 0.25) is 0 Å². The summed E-state index contributed by atoms with van der Waals surface area (Å²) in [4.78, 5) is 25.2. The summed E-state index contributed by atoms with van der Waals surface area (Å²) in [6.07, 6.45) is 5.79. The molecule has 0 amide bonds. The number of carbonyl (C=O) groups excluding carboxylic acids is 2. The van der Waals surface area contributed by atoms with Crippen LogP contribution in [0.2, 0.25) is 0 Å². The van der Waals surface area contributed by atoms with Crippen LogP contribution in [-0.4, -0.2) is 15.9 Å². The molecule has 0 aromatic heterocycles. The Bertz CT molecular complexity index is 838. The van der Waals surface area contributed by atoms with Gasteiger partial charge in [-0.15, -0.1) is 0 Å². The summed E-state index contributed by atoms with van der Waals surface area (Å²) in [5, 5.41) is 0. The summed E-state index contributed by atoms with van der Waals surface area (Å²) in [6, 6.07) is 16.6. The van der Waals surface area contributed by atoms with E-state index in [2.05, 4.69) is 38.5 Å². The molecule has 0 heterocycles. The van der Waals surface area contributed by atoms with Gasteiger partial charge in [-0.2, -0.15) is 0 Å². The van der Waals surface area contributed by atoms with Gasteiger partial charge < -0.3 is 0 Å². The SMILES string of the molecule is O=C(C1=CCC(Br)(C(=O)c2ccccc2)C=C1)c1ccc(I)cc1. The van der Waals surface area contributed by atoms with Crippen molar-refractivity contribution in [2.75, 3.05) is 0 Å². The standard InChI is InChI=1S/C20H14BrIO2/c21-20(19(24)16-4-2-1-3-5-16)12-10-15(11-13-20)18(23)14-6-8-17(22)9-7-14/h1-12H,13H2. The van der Waals surface area contributed by atoms with Crippen molar-refractivity contribution in [2.45, 2.75) is 10.7 Å². The predicted octanol–water partition coefficient (Wildman–Crippen LogP) is 5.38. The molecule has 0 aliphatic heterocycles. The summed E-state index contributed by atoms with van der Waals surface area (Å²) in [6.45, 7) is 0. The molecule has 0 N–H and O–H groups in total. The van der Waals surface area contributed by atoms with Gasteiger partial charge in [0.1, 0.15) is 4.32 Å². The molecule has 0 fully saturated rings. The van der Waals surface area contributed by atoms with Gasteiger partial charge >= 0.3 is 0 Å². The van der Waals surface area contributed by atoms with Crippen molar-refractivity contribution in [3.05, 3.63) is 93.1 Å². The molecular weight excluding hydrogens is 479 g/mol. The second-order valence-corrected chi connectivity index (χ2v) is 8.25. The van der Waals surface area contributed by atoms with Gasteiger partial charge in [0.25, 0.3) is 0 Å². The second-order valence-electron chi connectivity index (χ2n) is 5.59. The monoisotopic (exact) mass is 492 g/mol. The zero-order valence-electron chi connectivity index (χ0n) is 12.7. The topological polar surface area (TPSA) is 34.1 Å². The number of carbonyl (C=O) groups is 2. The van der Waals surface area contributed by atoms with E-state index in [-0.39, 0.29) is 11.6 Å². The van der Waals surface area contributed by atoms with Crippen molar-refractivity contribution in [2.24, 2.45) is 0 Å². The zero-order chi connectivity index (χ0) is 17.2. The average Bonchev–Trinajstić information content (AvgIpc) is 2.62. The first-order chi connectivity index (χ1) is 11.5. The molecule has 4 heteroatoms. The van der Waals surface area contributed by atoms with Crippen LogP contribution in [-0.2, 0) is 0 Å². The van der Waals surface area contributed by atoms with E-state index in [9.17, 15) is 9.59 Å². The number of halogens is 2. The Morgan fingerprint density at radius 2 is 1.62 bits per heavy atom. The third-order valence-electron chi connectivity index (χ3n) is 3.93. The quantitative estimate of drug-likeness (QED) is 0.326. The Balaban J connectivity index is 1.79. The lowest BCUT2D eigenvalue weighted by molar-refractivity contribution is 0.0962. The number of hydrogen-bond acceptors (Lipinski definition) is 2. The fourth-order valence-corrected chi connectivity index (χ4v) is 3.43. The highest BCUT2D eigenvalue weighted by atomic mass is 127. The van der Waals surface area contributed by atoms with Crippen molar-refractivity contribution >= 4 is 50.1 Å². The fraction of sp³-hybridized carbons (Fsp3) is 0.100. The minimum atomic E-state index is -0.788. The highest BCUT2D eigenvalue weighted by Crippen LogP contribution is 2.34. The van der Waals surface area contributed by atoms with Crippen LogP contribution in [0.15, 0.2) is 78.4 Å². The van der Waals surface area contributed by atoms with E-state index in [0.29, 0.717) is 23.1 Å². The lowest BCUT2D eigenvalue weighted by Crippen LogP contribution is -2.31. The van der Waals surface area contributed by atoms with Crippen LogP contribution in [0.4, 0.5) is 0 Å². The number of rotatable bonds is 4. The molecule has 1 unspecified atom stereocenters. The Hall–Kier alpha value is -1.53. The molecule has 2 aromatic carbocycles. The minimum absolute atomic E-state index is 0.00337. The summed E-state index contributed by atoms with van der Waals surface area (Å²) in [5.74, 6) is -0.0271. The molecule has 0 spiro atoms. The Morgan fingerprint density at radius 3 is 2.21 bits per heavy atom. The Kier molecular flexibility index (Phi) is 5.15. The van der Waals surface area contributed by atoms with Crippen molar-refractivity contribution in [3.63, 3.8) is 0 Å². The van der Waals surface area contributed by atoms with E-state index >= 15 is 0 Å². The molecule has 1 aliphatic rings. The maximum absolute atomic E-state index is 12.7. The molecule has 1 atom stereocenters. The molecule has 3 rings (SSSR count). The van der Waals surface area contributed by atoms with Crippen LogP contribution in [0.5, 0.6) is 0 Å². The average molecular weight is 493 g/mol. The number of allylic oxidation sites excluding steroid dienone is 4. The van der Waals surface area contributed by atoms with Crippen LogP contribution in [0.1, 0.15) is 27.1 Å². The smallest absolute Gasteiger partial charge is 0.192 e. The van der Waals surface area contributed by atoms with Crippen molar-refractivity contribution in [1.82, 2.24) is 0 Å². The molecule has 0 bridgehead atoms. The lowest BCUT2D eigenvalue weighted by Gasteiger charge is -2.24. The van der Waals surface area contributed by atoms with Gasteiger partial charge in [0, 0.05) is 20.3 Å². The molecular formula is C20H14BrIO2. The molecule has 1 aliphatic carbocycles. The zero-order valence-corrected chi connectivity index (χ0v) is 16.5. The molecule has 0 radical (unpaired) electrons. The van der Waals surface area contributed by atoms with E-state index in [1.807, 2.05) is 48.5 Å². The molecule has 0 saturated heterocycles. The third-order valence-corrected chi connectivity index (χ3v) is 5.60. The first-order valence-corrected chi connectivity index (χ1v) is 9.35. The van der Waals surface area contributed by atoms with Crippen LogP contribution < -0.4 is 0 Å². The second kappa shape index (κ2) is 7.15. The highest BCUT2D eigenvalue weighted by Gasteiger charge is 2.34. The lowest BCUT2D eigenvalue weighted by atomic mass is 9.87. The number of hydrogen-bond donors (Lipinski definition) is 0. The van der Waals surface area contributed by atoms with Gasteiger partial charge in [0.05, 0.1) is 0 Å². The van der Waals surface area contributed by atoms with E-state index in [4.69, 9.17) is 0 Å².